The van der Waals surface area contributed by atoms with E-state index in [9.17, 15) is 24.0 Å². The number of nitrogens with zero attached hydrogens (tertiary/aromatic N) is 1. The Morgan fingerprint density at radius 2 is 1.81 bits per heavy atom. The average Bonchev–Trinajstić information content (AvgIpc) is 3.26. The van der Waals surface area contributed by atoms with Crippen molar-refractivity contribution in [1.82, 2.24) is 15.5 Å². The second-order valence-electron chi connectivity index (χ2n) is 10.3. The zero-order chi connectivity index (χ0) is 27.0. The third-order valence-corrected chi connectivity index (χ3v) is 5.65. The molecular formula is C26H36N4O6. The van der Waals surface area contributed by atoms with E-state index in [0.29, 0.717) is 31.2 Å². The van der Waals surface area contributed by atoms with Gasteiger partial charge in [0.15, 0.2) is 0 Å². The molecular weight excluding hydrogens is 464 g/mol. The van der Waals surface area contributed by atoms with E-state index >= 15 is 0 Å². The number of likely N-dealkylation sites (tertiary alicyclic amines) is 1. The number of rotatable bonds is 11. The highest BCUT2D eigenvalue weighted by Crippen LogP contribution is 2.24. The van der Waals surface area contributed by atoms with Crippen LogP contribution in [-0.2, 0) is 19.2 Å². The quantitative estimate of drug-likeness (QED) is 0.341. The highest BCUT2D eigenvalue weighted by molar-refractivity contribution is 5.98. The number of carboxylic acid groups (broad SMARTS) is 1. The molecule has 2 rings (SSSR count). The number of carboxylic acids is 1. The fraction of sp³-hybridized carbons (Fsp3) is 0.500. The molecule has 0 aromatic heterocycles. The number of benzene rings is 1. The second kappa shape index (κ2) is 12.3. The number of amides is 3. The van der Waals surface area contributed by atoms with Crippen LogP contribution in [0.25, 0.3) is 0 Å². The molecule has 10 nitrogen and oxygen atoms in total. The maximum atomic E-state index is 13.0. The molecule has 1 aromatic rings. The van der Waals surface area contributed by atoms with E-state index in [2.05, 4.69) is 43.3 Å². The van der Waals surface area contributed by atoms with E-state index in [1.54, 1.807) is 31.2 Å². The molecule has 10 heteroatoms. The predicted octanol–water partition coefficient (Wildman–Crippen LogP) is 2.32. The van der Waals surface area contributed by atoms with Crippen molar-refractivity contribution in [3.8, 4) is 0 Å². The molecule has 4 N–H and O–H groups in total. The number of hydrogen-bond donors (Lipinski definition) is 4. The lowest BCUT2D eigenvalue weighted by Gasteiger charge is -2.27. The Bertz CT molecular complexity index is 999. The molecule has 1 aliphatic rings. The number of aliphatic carboxylic acids is 1. The van der Waals surface area contributed by atoms with Crippen LogP contribution in [0.15, 0.2) is 36.5 Å². The molecule has 0 spiro atoms. The first-order chi connectivity index (χ1) is 16.8. The molecule has 1 fully saturated rings. The topological polar surface area (TPSA) is 145 Å². The van der Waals surface area contributed by atoms with Crippen LogP contribution < -0.4 is 16.0 Å². The predicted molar refractivity (Wildman–Crippen MR) is 135 cm³/mol. The van der Waals surface area contributed by atoms with Crippen LogP contribution >= 0.6 is 0 Å². The summed E-state index contributed by atoms with van der Waals surface area (Å²) in [7, 11) is 0. The summed E-state index contributed by atoms with van der Waals surface area (Å²) in [6.07, 6.45) is 1.56. The van der Waals surface area contributed by atoms with Gasteiger partial charge in [-0.05, 0) is 55.9 Å². The van der Waals surface area contributed by atoms with Gasteiger partial charge in [-0.25, -0.2) is 0 Å². The zero-order valence-corrected chi connectivity index (χ0v) is 21.3. The molecule has 1 saturated heterocycles. The molecule has 36 heavy (non-hydrogen) atoms. The zero-order valence-electron chi connectivity index (χ0n) is 21.3. The summed E-state index contributed by atoms with van der Waals surface area (Å²) in [5.41, 5.74) is 2.13. The maximum Gasteiger partial charge on any atom is 0.305 e. The molecule has 0 saturated carbocycles. The third-order valence-electron chi connectivity index (χ3n) is 5.65. The Morgan fingerprint density at radius 1 is 1.17 bits per heavy atom. The van der Waals surface area contributed by atoms with Crippen molar-refractivity contribution in [3.05, 3.63) is 42.1 Å². The first kappa shape index (κ1) is 28.5. The summed E-state index contributed by atoms with van der Waals surface area (Å²) >= 11 is 0. The maximum absolute atomic E-state index is 13.0. The summed E-state index contributed by atoms with van der Waals surface area (Å²) in [6, 6.07) is 3.91. The monoisotopic (exact) mass is 500 g/mol. The van der Waals surface area contributed by atoms with Crippen molar-refractivity contribution < 1.29 is 29.1 Å². The summed E-state index contributed by atoms with van der Waals surface area (Å²) in [5, 5.41) is 17.1. The van der Waals surface area contributed by atoms with Crippen LogP contribution in [0.5, 0.6) is 0 Å². The van der Waals surface area contributed by atoms with Gasteiger partial charge >= 0.3 is 5.97 Å². The van der Waals surface area contributed by atoms with E-state index in [1.807, 2.05) is 0 Å². The third kappa shape index (κ3) is 8.51. The van der Waals surface area contributed by atoms with Crippen LogP contribution in [0.2, 0.25) is 0 Å². The molecule has 196 valence electrons. The Hall–Kier alpha value is -3.69. The van der Waals surface area contributed by atoms with Gasteiger partial charge in [0.2, 0.25) is 11.8 Å². The van der Waals surface area contributed by atoms with Crippen LogP contribution in [0, 0.1) is 5.41 Å². The van der Waals surface area contributed by atoms with Crippen LogP contribution in [0.3, 0.4) is 0 Å². The second-order valence-corrected chi connectivity index (χ2v) is 10.3. The summed E-state index contributed by atoms with van der Waals surface area (Å²) < 4.78 is 0. The van der Waals surface area contributed by atoms with Crippen molar-refractivity contribution in [2.75, 3.05) is 11.9 Å². The van der Waals surface area contributed by atoms with E-state index in [4.69, 9.17) is 5.11 Å². The molecule has 0 aliphatic carbocycles. The average molecular weight is 501 g/mol. The van der Waals surface area contributed by atoms with Crippen molar-refractivity contribution in [3.63, 3.8) is 0 Å². The largest absolute Gasteiger partial charge is 0.481 e. The molecule has 1 aromatic carbocycles. The van der Waals surface area contributed by atoms with Crippen LogP contribution in [0.1, 0.15) is 63.7 Å². The van der Waals surface area contributed by atoms with Gasteiger partial charge in [0.25, 0.3) is 5.91 Å². The normalized spacial score (nSPS) is 17.0. The lowest BCUT2D eigenvalue weighted by Crippen LogP contribution is -2.54. The van der Waals surface area contributed by atoms with Gasteiger partial charge in [-0.1, -0.05) is 27.4 Å². The number of hydrogen-bond acceptors (Lipinski definition) is 6. The molecule has 2 unspecified atom stereocenters. The number of carbonyl (C=O) groups excluding carboxylic acids is 4. The van der Waals surface area contributed by atoms with Crippen LogP contribution in [0.4, 0.5) is 5.69 Å². The summed E-state index contributed by atoms with van der Waals surface area (Å²) in [4.78, 5) is 61.6. The van der Waals surface area contributed by atoms with Gasteiger partial charge in [-0.3, -0.25) is 19.2 Å². The fourth-order valence-electron chi connectivity index (χ4n) is 4.09. The van der Waals surface area contributed by atoms with E-state index in [-0.39, 0.29) is 5.41 Å². The minimum atomic E-state index is -1.22. The van der Waals surface area contributed by atoms with Gasteiger partial charge < -0.3 is 30.8 Å². The Kier molecular flexibility index (Phi) is 9.77. The smallest absolute Gasteiger partial charge is 0.305 e. The highest BCUT2D eigenvalue weighted by atomic mass is 16.4. The van der Waals surface area contributed by atoms with E-state index in [0.717, 1.165) is 17.8 Å². The Labute approximate surface area is 211 Å². The highest BCUT2D eigenvalue weighted by Gasteiger charge is 2.37. The molecule has 0 bridgehead atoms. The SMILES string of the molecule is C=C(CC(C)(C)C)Nc1ccc(C(=O)NC(C)C(=O)N2CCC[C@H]2C(=O)NC(C=O)CC(=O)O)cc1. The first-order valence-corrected chi connectivity index (χ1v) is 11.9. The molecule has 3 amide bonds. The van der Waals surface area contributed by atoms with Crippen molar-refractivity contribution in [1.29, 1.82) is 0 Å². The Balaban J connectivity index is 1.96. The van der Waals surface area contributed by atoms with Gasteiger partial charge in [0.05, 0.1) is 12.5 Å². The lowest BCUT2D eigenvalue weighted by molar-refractivity contribution is -0.141. The van der Waals surface area contributed by atoms with Crippen molar-refractivity contribution in [2.24, 2.45) is 5.41 Å². The molecule has 3 atom stereocenters. The Morgan fingerprint density at radius 3 is 2.36 bits per heavy atom. The van der Waals surface area contributed by atoms with Crippen molar-refractivity contribution >= 4 is 35.7 Å². The minimum absolute atomic E-state index is 0.0935. The number of anilines is 1. The summed E-state index contributed by atoms with van der Waals surface area (Å²) in [6.45, 7) is 12.3. The van der Waals surface area contributed by atoms with Gasteiger partial charge in [-0.15, -0.1) is 0 Å². The summed E-state index contributed by atoms with van der Waals surface area (Å²) in [5.74, 6) is -2.67. The first-order valence-electron chi connectivity index (χ1n) is 11.9. The fourth-order valence-corrected chi connectivity index (χ4v) is 4.09. The minimum Gasteiger partial charge on any atom is -0.481 e. The molecule has 1 heterocycles. The standard InChI is InChI=1S/C26H36N4O6/c1-16(14-26(3,4)5)27-19-10-8-18(9-11-19)23(34)28-17(2)25(36)30-12-6-7-21(30)24(35)29-20(15-31)13-22(32)33/h8-11,15,17,20-21,27H,1,6-7,12-14H2,2-5H3,(H,28,34)(H,29,35)(H,32,33)/t17?,20?,21-/m0/s1. The number of carbonyl (C=O) groups is 5. The molecule has 1 aliphatic heterocycles. The van der Waals surface area contributed by atoms with Crippen LogP contribution in [-0.4, -0.2) is 64.7 Å². The van der Waals surface area contributed by atoms with E-state index in [1.165, 1.54) is 4.90 Å². The van der Waals surface area contributed by atoms with Gasteiger partial charge in [0.1, 0.15) is 18.4 Å². The molecule has 0 radical (unpaired) electrons. The van der Waals surface area contributed by atoms with Gasteiger partial charge in [-0.2, -0.15) is 0 Å². The number of allylic oxidation sites excluding steroid dienone is 1. The number of nitrogens with one attached hydrogen (secondary N) is 3. The van der Waals surface area contributed by atoms with E-state index < -0.39 is 48.2 Å². The van der Waals surface area contributed by atoms with Gasteiger partial charge in [0, 0.05) is 23.5 Å². The number of aldehydes is 1. The lowest BCUT2D eigenvalue weighted by atomic mass is 9.91. The van der Waals surface area contributed by atoms with Crippen molar-refractivity contribution in [2.45, 2.75) is 71.5 Å².